The van der Waals surface area contributed by atoms with Gasteiger partial charge in [-0.25, -0.2) is 4.39 Å². The van der Waals surface area contributed by atoms with Crippen molar-refractivity contribution in [2.45, 2.75) is 5.33 Å². The van der Waals surface area contributed by atoms with Gasteiger partial charge in [-0.05, 0) is 51.8 Å². The van der Waals surface area contributed by atoms with Gasteiger partial charge < -0.3 is 5.32 Å². The molecule has 5 heteroatoms. The number of rotatable bonds is 3. The normalized spacial score (nSPS) is 10.3. The lowest BCUT2D eigenvalue weighted by molar-refractivity contribution is 0.102. The molecule has 0 unspecified atom stereocenters. The monoisotopic (exact) mass is 385 g/mol. The summed E-state index contributed by atoms with van der Waals surface area (Å²) < 4.78 is 13.7. The molecule has 2 aromatic rings. The number of benzene rings is 2. The predicted molar refractivity (Wildman–Crippen MR) is 81.1 cm³/mol. The van der Waals surface area contributed by atoms with E-state index >= 15 is 0 Å². The Morgan fingerprint density at radius 2 is 1.84 bits per heavy atom. The topological polar surface area (TPSA) is 29.1 Å². The molecule has 0 aliphatic carbocycles. The highest BCUT2D eigenvalue weighted by Gasteiger charge is 2.07. The van der Waals surface area contributed by atoms with Gasteiger partial charge in [0.25, 0.3) is 5.91 Å². The minimum Gasteiger partial charge on any atom is -0.322 e. The summed E-state index contributed by atoms with van der Waals surface area (Å²) in [6, 6.07) is 11.7. The molecule has 1 amide bonds. The van der Waals surface area contributed by atoms with Crippen LogP contribution in [0.15, 0.2) is 46.9 Å². The van der Waals surface area contributed by atoms with Crippen molar-refractivity contribution in [3.8, 4) is 0 Å². The summed E-state index contributed by atoms with van der Waals surface area (Å²) in [4.78, 5) is 12.0. The van der Waals surface area contributed by atoms with Gasteiger partial charge in [0.1, 0.15) is 5.82 Å². The Bertz CT molecular complexity index is 599. The van der Waals surface area contributed by atoms with Crippen molar-refractivity contribution in [1.29, 1.82) is 0 Å². The third-order valence-corrected chi connectivity index (χ3v) is 3.84. The molecular weight excluding hydrogens is 377 g/mol. The van der Waals surface area contributed by atoms with Crippen molar-refractivity contribution >= 4 is 43.5 Å². The Labute approximate surface area is 127 Å². The Kier molecular flexibility index (Phi) is 4.71. The predicted octanol–water partition coefficient (Wildman–Crippen LogP) is 4.74. The average Bonchev–Trinajstić information content (AvgIpc) is 2.43. The summed E-state index contributed by atoms with van der Waals surface area (Å²) in [6.45, 7) is 0. The molecule has 2 rings (SSSR count). The largest absolute Gasteiger partial charge is 0.322 e. The van der Waals surface area contributed by atoms with Gasteiger partial charge in [-0.15, -0.1) is 0 Å². The summed E-state index contributed by atoms with van der Waals surface area (Å²) in [5.74, 6) is -0.671. The van der Waals surface area contributed by atoms with Gasteiger partial charge in [0, 0.05) is 16.6 Å². The van der Waals surface area contributed by atoms with Gasteiger partial charge in [0.05, 0.1) is 4.47 Å². The molecule has 0 radical (unpaired) electrons. The summed E-state index contributed by atoms with van der Waals surface area (Å²) in [5, 5.41) is 3.40. The first-order valence-electron chi connectivity index (χ1n) is 5.51. The van der Waals surface area contributed by atoms with Crippen LogP contribution in [0.3, 0.4) is 0 Å². The summed E-state index contributed by atoms with van der Waals surface area (Å²) in [6.07, 6.45) is 0. The maximum atomic E-state index is 13.3. The van der Waals surface area contributed by atoms with Gasteiger partial charge in [-0.1, -0.05) is 28.1 Å². The highest BCUT2D eigenvalue weighted by molar-refractivity contribution is 9.10. The smallest absolute Gasteiger partial charge is 0.255 e. The number of alkyl halides is 1. The first-order valence-corrected chi connectivity index (χ1v) is 7.43. The maximum absolute atomic E-state index is 13.3. The number of carbonyl (C=O) groups is 1. The van der Waals surface area contributed by atoms with E-state index in [1.54, 1.807) is 24.3 Å². The van der Waals surface area contributed by atoms with Gasteiger partial charge in [-0.2, -0.15) is 0 Å². The molecule has 19 heavy (non-hydrogen) atoms. The maximum Gasteiger partial charge on any atom is 0.255 e. The van der Waals surface area contributed by atoms with Crippen molar-refractivity contribution in [3.05, 3.63) is 63.9 Å². The lowest BCUT2D eigenvalue weighted by Crippen LogP contribution is -2.11. The lowest BCUT2D eigenvalue weighted by Gasteiger charge is -2.06. The van der Waals surface area contributed by atoms with E-state index in [0.717, 1.165) is 10.9 Å². The average molecular weight is 387 g/mol. The molecule has 0 spiro atoms. The quantitative estimate of drug-likeness (QED) is 0.758. The fourth-order valence-corrected chi connectivity index (χ4v) is 2.14. The van der Waals surface area contributed by atoms with Crippen molar-refractivity contribution in [3.63, 3.8) is 0 Å². The zero-order valence-corrected chi connectivity index (χ0v) is 13.0. The van der Waals surface area contributed by atoms with Crippen molar-refractivity contribution < 1.29 is 9.18 Å². The first-order chi connectivity index (χ1) is 9.10. The molecule has 0 heterocycles. The Morgan fingerprint density at radius 1 is 1.16 bits per heavy atom. The van der Waals surface area contributed by atoms with E-state index in [1.807, 2.05) is 12.1 Å². The fraction of sp³-hybridized carbons (Fsp3) is 0.0714. The van der Waals surface area contributed by atoms with E-state index in [0.29, 0.717) is 15.7 Å². The van der Waals surface area contributed by atoms with Crippen molar-refractivity contribution in [1.82, 2.24) is 0 Å². The number of anilines is 1. The van der Waals surface area contributed by atoms with E-state index in [4.69, 9.17) is 0 Å². The molecule has 2 aromatic carbocycles. The molecule has 1 N–H and O–H groups in total. The minimum absolute atomic E-state index is 0.261. The number of hydrogen-bond donors (Lipinski definition) is 1. The number of nitrogens with one attached hydrogen (secondary N) is 1. The standard InChI is InChI=1S/C14H10Br2FNO/c15-8-9-1-3-10(4-2-9)14(19)18-11-5-6-12(16)13(17)7-11/h1-7H,8H2,(H,18,19). The van der Waals surface area contributed by atoms with Crippen molar-refractivity contribution in [2.75, 3.05) is 5.32 Å². The molecule has 0 saturated carbocycles. The number of halogens is 3. The third-order valence-electron chi connectivity index (χ3n) is 2.55. The summed E-state index contributed by atoms with van der Waals surface area (Å²) >= 11 is 6.41. The minimum atomic E-state index is -0.410. The van der Waals surface area contributed by atoms with Crippen LogP contribution < -0.4 is 5.32 Å². The SMILES string of the molecule is O=C(Nc1ccc(Br)c(F)c1)c1ccc(CBr)cc1. The number of hydrogen-bond acceptors (Lipinski definition) is 1. The van der Waals surface area contributed by atoms with Crippen molar-refractivity contribution in [2.24, 2.45) is 0 Å². The molecule has 0 aliphatic heterocycles. The molecule has 0 saturated heterocycles. The molecule has 2 nitrogen and oxygen atoms in total. The van der Waals surface area contributed by atoms with Crippen LogP contribution >= 0.6 is 31.9 Å². The second-order valence-corrected chi connectivity index (χ2v) is 5.33. The van der Waals surface area contributed by atoms with E-state index in [1.165, 1.54) is 6.07 Å². The Morgan fingerprint density at radius 3 is 2.42 bits per heavy atom. The van der Waals surface area contributed by atoms with Crippen LogP contribution in [0, 0.1) is 5.82 Å². The zero-order valence-electron chi connectivity index (χ0n) is 9.79. The van der Waals surface area contributed by atoms with Crippen LogP contribution in [0.5, 0.6) is 0 Å². The van der Waals surface area contributed by atoms with Gasteiger partial charge in [0.2, 0.25) is 0 Å². The molecule has 0 atom stereocenters. The summed E-state index contributed by atoms with van der Waals surface area (Å²) in [7, 11) is 0. The van der Waals surface area contributed by atoms with Gasteiger partial charge >= 0.3 is 0 Å². The second-order valence-electron chi connectivity index (χ2n) is 3.91. The molecule has 0 aromatic heterocycles. The molecular formula is C14H10Br2FNO. The van der Waals surface area contributed by atoms with Gasteiger partial charge in [-0.3, -0.25) is 4.79 Å². The highest BCUT2D eigenvalue weighted by atomic mass is 79.9. The van der Waals surface area contributed by atoms with Crippen LogP contribution in [0.1, 0.15) is 15.9 Å². The number of carbonyl (C=O) groups excluding carboxylic acids is 1. The number of amides is 1. The van der Waals surface area contributed by atoms with Crippen LogP contribution in [0.2, 0.25) is 0 Å². The lowest BCUT2D eigenvalue weighted by atomic mass is 10.1. The highest BCUT2D eigenvalue weighted by Crippen LogP contribution is 2.20. The molecule has 0 fully saturated rings. The Hall–Kier alpha value is -1.20. The van der Waals surface area contributed by atoms with E-state index < -0.39 is 5.82 Å². The van der Waals surface area contributed by atoms with Crippen LogP contribution in [-0.4, -0.2) is 5.91 Å². The van der Waals surface area contributed by atoms with Gasteiger partial charge in [0.15, 0.2) is 0 Å². The van der Waals surface area contributed by atoms with Crippen LogP contribution in [0.25, 0.3) is 0 Å². The fourth-order valence-electron chi connectivity index (χ4n) is 1.52. The molecule has 98 valence electrons. The summed E-state index contributed by atoms with van der Waals surface area (Å²) in [5.41, 5.74) is 2.05. The van der Waals surface area contributed by atoms with Crippen LogP contribution in [0.4, 0.5) is 10.1 Å². The van der Waals surface area contributed by atoms with E-state index in [2.05, 4.69) is 37.2 Å². The zero-order chi connectivity index (χ0) is 13.8. The third kappa shape index (κ3) is 3.64. The first kappa shape index (κ1) is 14.2. The Balaban J connectivity index is 2.13. The van der Waals surface area contributed by atoms with E-state index in [9.17, 15) is 9.18 Å². The molecule has 0 aliphatic rings. The van der Waals surface area contributed by atoms with Crippen LogP contribution in [-0.2, 0) is 5.33 Å². The van der Waals surface area contributed by atoms with E-state index in [-0.39, 0.29) is 5.91 Å². The molecule has 0 bridgehead atoms. The second kappa shape index (κ2) is 6.30.